The van der Waals surface area contributed by atoms with Gasteiger partial charge in [-0.25, -0.2) is 13.2 Å². The molecule has 0 aliphatic carbocycles. The number of benzene rings is 1. The maximum absolute atomic E-state index is 12.3. The molecule has 2 aromatic heterocycles. The van der Waals surface area contributed by atoms with Crippen molar-refractivity contribution < 1.29 is 17.3 Å². The van der Waals surface area contributed by atoms with Crippen molar-refractivity contribution in [3.8, 4) is 0 Å². The van der Waals surface area contributed by atoms with Gasteiger partial charge in [0.2, 0.25) is 5.89 Å². The molecule has 0 aliphatic heterocycles. The molecule has 0 atom stereocenters. The van der Waals surface area contributed by atoms with Gasteiger partial charge in [-0.2, -0.15) is 0 Å². The zero-order valence-electron chi connectivity index (χ0n) is 12.1. The van der Waals surface area contributed by atoms with Gasteiger partial charge in [-0.05, 0) is 24.1 Å². The standard InChI is InChI=1S/C14H13N3O5S/c1-8-2-3-10-9(5-13(18)21-11(10)4-8)6-23(19,20)7-12-16-17-14(15)22-12/h2-5H,6-7H2,1H3,(H2,15,17). The summed E-state index contributed by atoms with van der Waals surface area (Å²) in [4.78, 5) is 11.6. The Morgan fingerprint density at radius 3 is 2.61 bits per heavy atom. The van der Waals surface area contributed by atoms with E-state index in [-0.39, 0.29) is 17.7 Å². The molecule has 1 aromatic carbocycles. The third kappa shape index (κ3) is 3.39. The Bertz CT molecular complexity index is 1040. The number of rotatable bonds is 4. The van der Waals surface area contributed by atoms with Crippen molar-refractivity contribution in [1.82, 2.24) is 10.2 Å². The van der Waals surface area contributed by atoms with E-state index in [1.807, 2.05) is 13.0 Å². The fraction of sp³-hybridized carbons (Fsp3) is 0.214. The lowest BCUT2D eigenvalue weighted by Gasteiger charge is -2.06. The minimum absolute atomic E-state index is 0.0920. The van der Waals surface area contributed by atoms with E-state index in [9.17, 15) is 13.2 Å². The van der Waals surface area contributed by atoms with Gasteiger partial charge in [0.1, 0.15) is 11.3 Å². The molecule has 0 fully saturated rings. The van der Waals surface area contributed by atoms with E-state index in [1.165, 1.54) is 6.07 Å². The predicted octanol–water partition coefficient (Wildman–Crippen LogP) is 1.18. The van der Waals surface area contributed by atoms with Crippen LogP contribution in [0.4, 0.5) is 6.01 Å². The molecule has 120 valence electrons. The third-order valence-electron chi connectivity index (χ3n) is 3.19. The summed E-state index contributed by atoms with van der Waals surface area (Å²) in [6.45, 7) is 1.85. The summed E-state index contributed by atoms with van der Waals surface area (Å²) in [7, 11) is -3.63. The van der Waals surface area contributed by atoms with Gasteiger partial charge in [-0.1, -0.05) is 17.2 Å². The summed E-state index contributed by atoms with van der Waals surface area (Å²) < 4.78 is 34.6. The van der Waals surface area contributed by atoms with E-state index in [0.29, 0.717) is 16.5 Å². The second-order valence-corrected chi connectivity index (χ2v) is 7.22. The van der Waals surface area contributed by atoms with Crippen LogP contribution in [0.1, 0.15) is 17.0 Å². The summed E-state index contributed by atoms with van der Waals surface area (Å²) in [5, 5.41) is 7.52. The smallest absolute Gasteiger partial charge is 0.336 e. The van der Waals surface area contributed by atoms with Crippen molar-refractivity contribution in [3.05, 3.63) is 51.7 Å². The number of nitrogens with zero attached hydrogens (tertiary/aromatic N) is 2. The summed E-state index contributed by atoms with van der Waals surface area (Å²) in [6.07, 6.45) is 0. The lowest BCUT2D eigenvalue weighted by molar-refractivity contribution is 0.522. The van der Waals surface area contributed by atoms with Crippen LogP contribution in [0.2, 0.25) is 0 Å². The first-order valence-electron chi connectivity index (χ1n) is 6.64. The number of sulfone groups is 1. The highest BCUT2D eigenvalue weighted by Gasteiger charge is 2.19. The van der Waals surface area contributed by atoms with Crippen LogP contribution in [0.15, 0.2) is 37.9 Å². The molecule has 0 bridgehead atoms. The molecular weight excluding hydrogens is 322 g/mol. The summed E-state index contributed by atoms with van der Waals surface area (Å²) in [5.74, 6) is -0.892. The van der Waals surface area contributed by atoms with E-state index in [1.54, 1.807) is 12.1 Å². The van der Waals surface area contributed by atoms with E-state index in [2.05, 4.69) is 10.2 Å². The van der Waals surface area contributed by atoms with Gasteiger partial charge in [-0.15, -0.1) is 5.10 Å². The van der Waals surface area contributed by atoms with Crippen LogP contribution in [0.5, 0.6) is 0 Å². The van der Waals surface area contributed by atoms with Crippen molar-refractivity contribution >= 4 is 26.8 Å². The van der Waals surface area contributed by atoms with Gasteiger partial charge in [0.15, 0.2) is 9.84 Å². The first kappa shape index (κ1) is 15.2. The zero-order chi connectivity index (χ0) is 16.6. The summed E-state index contributed by atoms with van der Waals surface area (Å²) in [6, 6.07) is 6.21. The minimum atomic E-state index is -3.63. The Morgan fingerprint density at radius 2 is 1.91 bits per heavy atom. The topological polar surface area (TPSA) is 129 Å². The number of anilines is 1. The number of hydrogen-bond donors (Lipinski definition) is 1. The molecular formula is C14H13N3O5S. The Hall–Kier alpha value is -2.68. The quantitative estimate of drug-likeness (QED) is 0.704. The first-order chi connectivity index (χ1) is 10.8. The van der Waals surface area contributed by atoms with E-state index in [0.717, 1.165) is 5.56 Å². The number of nitrogens with two attached hydrogens (primary N) is 1. The molecule has 2 heterocycles. The number of hydrogen-bond acceptors (Lipinski definition) is 8. The van der Waals surface area contributed by atoms with Gasteiger partial charge in [0, 0.05) is 11.5 Å². The van der Waals surface area contributed by atoms with E-state index in [4.69, 9.17) is 14.6 Å². The highest BCUT2D eigenvalue weighted by molar-refractivity contribution is 7.89. The van der Waals surface area contributed by atoms with Crippen LogP contribution in [0, 0.1) is 6.92 Å². The van der Waals surface area contributed by atoms with Gasteiger partial charge in [-0.3, -0.25) is 0 Å². The lowest BCUT2D eigenvalue weighted by Crippen LogP contribution is -2.10. The Balaban J connectivity index is 1.98. The number of aromatic nitrogens is 2. The molecule has 9 heteroatoms. The van der Waals surface area contributed by atoms with Crippen LogP contribution in [0.3, 0.4) is 0 Å². The van der Waals surface area contributed by atoms with Gasteiger partial charge < -0.3 is 14.6 Å². The van der Waals surface area contributed by atoms with Crippen molar-refractivity contribution in [2.75, 3.05) is 5.73 Å². The minimum Gasteiger partial charge on any atom is -0.423 e. The molecule has 0 spiro atoms. The molecule has 8 nitrogen and oxygen atoms in total. The van der Waals surface area contributed by atoms with Gasteiger partial charge in [0.25, 0.3) is 0 Å². The molecule has 23 heavy (non-hydrogen) atoms. The molecule has 0 saturated carbocycles. The van der Waals surface area contributed by atoms with Crippen molar-refractivity contribution in [2.24, 2.45) is 0 Å². The monoisotopic (exact) mass is 335 g/mol. The van der Waals surface area contributed by atoms with Gasteiger partial charge >= 0.3 is 11.6 Å². The zero-order valence-corrected chi connectivity index (χ0v) is 13.0. The maximum atomic E-state index is 12.3. The van der Waals surface area contributed by atoms with Crippen molar-refractivity contribution in [3.63, 3.8) is 0 Å². The molecule has 3 rings (SSSR count). The Labute approximate surface area is 130 Å². The molecule has 0 unspecified atom stereocenters. The Kier molecular flexibility index (Phi) is 3.64. The normalized spacial score (nSPS) is 11.9. The van der Waals surface area contributed by atoms with Crippen LogP contribution in [-0.2, 0) is 21.3 Å². The molecule has 0 saturated heterocycles. The predicted molar refractivity (Wildman–Crippen MR) is 82.3 cm³/mol. The highest BCUT2D eigenvalue weighted by Crippen LogP contribution is 2.21. The van der Waals surface area contributed by atoms with Crippen LogP contribution in [0.25, 0.3) is 11.0 Å². The maximum Gasteiger partial charge on any atom is 0.336 e. The lowest BCUT2D eigenvalue weighted by atomic mass is 10.1. The van der Waals surface area contributed by atoms with Crippen LogP contribution >= 0.6 is 0 Å². The van der Waals surface area contributed by atoms with Crippen molar-refractivity contribution in [1.29, 1.82) is 0 Å². The summed E-state index contributed by atoms with van der Waals surface area (Å²) in [5.41, 5.74) is 6.29. The second kappa shape index (κ2) is 5.51. The Morgan fingerprint density at radius 1 is 1.13 bits per heavy atom. The van der Waals surface area contributed by atoms with Gasteiger partial charge in [0.05, 0.1) is 5.75 Å². The van der Waals surface area contributed by atoms with E-state index >= 15 is 0 Å². The fourth-order valence-electron chi connectivity index (χ4n) is 2.26. The number of aryl methyl sites for hydroxylation is 1. The SMILES string of the molecule is Cc1ccc2c(CS(=O)(=O)Cc3nnc(N)o3)cc(=O)oc2c1. The summed E-state index contributed by atoms with van der Waals surface area (Å²) >= 11 is 0. The van der Waals surface area contributed by atoms with Crippen LogP contribution < -0.4 is 11.4 Å². The highest BCUT2D eigenvalue weighted by atomic mass is 32.2. The first-order valence-corrected chi connectivity index (χ1v) is 8.46. The average Bonchev–Trinajstić information content (AvgIpc) is 2.81. The molecule has 0 amide bonds. The van der Waals surface area contributed by atoms with E-state index < -0.39 is 21.2 Å². The largest absolute Gasteiger partial charge is 0.423 e. The molecule has 2 N–H and O–H groups in total. The number of fused-ring (bicyclic) bond motifs is 1. The van der Waals surface area contributed by atoms with Crippen molar-refractivity contribution in [2.45, 2.75) is 18.4 Å². The number of nitrogen functional groups attached to an aromatic ring is 1. The molecule has 3 aromatic rings. The van der Waals surface area contributed by atoms with Crippen LogP contribution in [-0.4, -0.2) is 18.6 Å². The molecule has 0 radical (unpaired) electrons. The molecule has 0 aliphatic rings. The average molecular weight is 335 g/mol. The second-order valence-electron chi connectivity index (χ2n) is 5.16. The third-order valence-corrected chi connectivity index (χ3v) is 4.62. The fourth-order valence-corrected chi connectivity index (χ4v) is 3.57.